The first-order valence-corrected chi connectivity index (χ1v) is 15.4. The minimum Gasteiger partial charge on any atom is -0.357 e. The third-order valence-corrected chi connectivity index (χ3v) is 9.36. The first-order valence-electron chi connectivity index (χ1n) is 13.2. The molecule has 0 radical (unpaired) electrons. The van der Waals surface area contributed by atoms with Crippen LogP contribution in [0.15, 0.2) is 108 Å². The Hall–Kier alpha value is -3.85. The zero-order chi connectivity index (χ0) is 30.3. The van der Waals surface area contributed by atoms with E-state index in [4.69, 9.17) is 23.2 Å². The minimum absolute atomic E-state index is 0.00631. The number of amides is 2. The van der Waals surface area contributed by atoms with Crippen molar-refractivity contribution in [2.24, 2.45) is 0 Å². The number of nitrogens with zero attached hydrogens (tertiary/aromatic N) is 2. The molecular weight excluding hydrogens is 593 g/mol. The highest BCUT2D eigenvalue weighted by Gasteiger charge is 2.34. The normalized spacial score (nSPS) is 11.9. The van der Waals surface area contributed by atoms with Crippen molar-refractivity contribution in [2.45, 2.75) is 30.8 Å². The van der Waals surface area contributed by atoms with Gasteiger partial charge in [-0.15, -0.1) is 0 Å². The van der Waals surface area contributed by atoms with Crippen molar-refractivity contribution in [1.29, 1.82) is 0 Å². The molecule has 0 spiro atoms. The smallest absolute Gasteiger partial charge is 0.264 e. The van der Waals surface area contributed by atoms with Crippen LogP contribution in [0.25, 0.3) is 0 Å². The lowest BCUT2D eigenvalue weighted by atomic mass is 10.0. The Morgan fingerprint density at radius 1 is 0.810 bits per heavy atom. The largest absolute Gasteiger partial charge is 0.357 e. The summed E-state index contributed by atoms with van der Waals surface area (Å²) in [6.07, 6.45) is 0.212. The van der Waals surface area contributed by atoms with Crippen molar-refractivity contribution in [3.05, 3.63) is 130 Å². The van der Waals surface area contributed by atoms with Gasteiger partial charge in [0.1, 0.15) is 12.6 Å². The Kier molecular flexibility index (Phi) is 10.3. The molecule has 0 saturated carbocycles. The van der Waals surface area contributed by atoms with E-state index < -0.39 is 28.5 Å². The first kappa shape index (κ1) is 31.1. The third kappa shape index (κ3) is 7.31. The maximum Gasteiger partial charge on any atom is 0.264 e. The van der Waals surface area contributed by atoms with Crippen LogP contribution in [0.3, 0.4) is 0 Å². The monoisotopic (exact) mass is 623 g/mol. The zero-order valence-corrected chi connectivity index (χ0v) is 25.5. The van der Waals surface area contributed by atoms with E-state index in [0.717, 1.165) is 9.87 Å². The summed E-state index contributed by atoms with van der Waals surface area (Å²) in [6.45, 7) is 1.24. The number of hydrogen-bond acceptors (Lipinski definition) is 4. The fraction of sp³-hybridized carbons (Fsp3) is 0.188. The summed E-state index contributed by atoms with van der Waals surface area (Å²) >= 11 is 12.4. The number of anilines is 1. The van der Waals surface area contributed by atoms with E-state index in [1.54, 1.807) is 67.6 Å². The van der Waals surface area contributed by atoms with E-state index in [1.165, 1.54) is 24.1 Å². The molecule has 1 atom stereocenters. The van der Waals surface area contributed by atoms with Gasteiger partial charge in [0.2, 0.25) is 11.8 Å². The van der Waals surface area contributed by atoms with Crippen molar-refractivity contribution in [3.63, 3.8) is 0 Å². The average molecular weight is 625 g/mol. The molecule has 0 fully saturated rings. The van der Waals surface area contributed by atoms with Gasteiger partial charge in [-0.3, -0.25) is 13.9 Å². The fourth-order valence-corrected chi connectivity index (χ4v) is 6.45. The lowest BCUT2D eigenvalue weighted by Gasteiger charge is -2.34. The molecule has 0 aliphatic carbocycles. The van der Waals surface area contributed by atoms with Gasteiger partial charge in [0.15, 0.2) is 0 Å². The number of aryl methyl sites for hydroxylation is 1. The Morgan fingerprint density at radius 3 is 2.05 bits per heavy atom. The molecule has 1 unspecified atom stereocenters. The predicted octanol–water partition coefficient (Wildman–Crippen LogP) is 5.88. The number of benzene rings is 4. The molecule has 2 amide bonds. The number of nitrogens with one attached hydrogen (secondary N) is 1. The number of hydrogen-bond donors (Lipinski definition) is 1. The van der Waals surface area contributed by atoms with Crippen LogP contribution in [0.2, 0.25) is 10.0 Å². The van der Waals surface area contributed by atoms with Crippen LogP contribution in [-0.4, -0.2) is 44.8 Å². The maximum atomic E-state index is 14.3. The van der Waals surface area contributed by atoms with Gasteiger partial charge in [-0.1, -0.05) is 96.0 Å². The molecule has 4 aromatic rings. The van der Waals surface area contributed by atoms with E-state index in [-0.39, 0.29) is 23.8 Å². The second-order valence-corrected chi connectivity index (χ2v) is 12.4. The molecule has 0 bridgehead atoms. The minimum atomic E-state index is -4.15. The number of carbonyl (C=O) groups is 2. The maximum absolute atomic E-state index is 14.3. The van der Waals surface area contributed by atoms with Crippen LogP contribution in [0.5, 0.6) is 0 Å². The number of halogens is 2. The van der Waals surface area contributed by atoms with Crippen molar-refractivity contribution in [3.8, 4) is 0 Å². The predicted molar refractivity (Wildman–Crippen MR) is 167 cm³/mol. The van der Waals surface area contributed by atoms with Crippen molar-refractivity contribution < 1.29 is 18.0 Å². The lowest BCUT2D eigenvalue weighted by Crippen LogP contribution is -2.53. The molecule has 218 valence electrons. The second kappa shape index (κ2) is 13.9. The Balaban J connectivity index is 1.80. The summed E-state index contributed by atoms with van der Waals surface area (Å²) in [5.74, 6) is -0.950. The van der Waals surface area contributed by atoms with Gasteiger partial charge in [-0.05, 0) is 53.9 Å². The van der Waals surface area contributed by atoms with E-state index in [0.29, 0.717) is 26.9 Å². The van der Waals surface area contributed by atoms with Crippen LogP contribution in [0.4, 0.5) is 5.69 Å². The number of sulfonamides is 1. The summed E-state index contributed by atoms with van der Waals surface area (Å²) in [5.41, 5.74) is 2.51. The standard InChI is InChI=1S/C32H31Cl2N3O4S/c1-23-11-9-10-16-29(23)37(42(40,41)26-14-7-4-8-15-26)22-31(38)36(21-25-17-18-27(33)28(34)19-25)30(32(39)35-2)20-24-12-5-3-6-13-24/h3-19,30H,20-22H2,1-2H3,(H,35,39). The molecule has 42 heavy (non-hydrogen) atoms. The zero-order valence-electron chi connectivity index (χ0n) is 23.2. The number of carbonyl (C=O) groups excluding carboxylic acids is 2. The van der Waals surface area contributed by atoms with E-state index in [1.807, 2.05) is 30.3 Å². The van der Waals surface area contributed by atoms with E-state index in [9.17, 15) is 18.0 Å². The van der Waals surface area contributed by atoms with Crippen LogP contribution >= 0.6 is 23.2 Å². The van der Waals surface area contributed by atoms with Crippen molar-refractivity contribution >= 4 is 50.7 Å². The van der Waals surface area contributed by atoms with Crippen LogP contribution < -0.4 is 9.62 Å². The topological polar surface area (TPSA) is 86.8 Å². The number of para-hydroxylation sites is 1. The highest BCUT2D eigenvalue weighted by Crippen LogP contribution is 2.28. The van der Waals surface area contributed by atoms with Gasteiger partial charge < -0.3 is 10.2 Å². The summed E-state index contributed by atoms with van der Waals surface area (Å²) in [4.78, 5) is 29.1. The van der Waals surface area contributed by atoms with E-state index >= 15 is 0 Å². The van der Waals surface area contributed by atoms with Gasteiger partial charge in [0.25, 0.3) is 10.0 Å². The Labute approximate surface area is 256 Å². The number of rotatable bonds is 11. The van der Waals surface area contributed by atoms with Gasteiger partial charge in [-0.25, -0.2) is 8.42 Å². The van der Waals surface area contributed by atoms with Crippen LogP contribution in [0, 0.1) is 6.92 Å². The summed E-state index contributed by atoms with van der Waals surface area (Å²) in [6, 6.07) is 28.3. The summed E-state index contributed by atoms with van der Waals surface area (Å²) in [7, 11) is -2.65. The molecule has 4 aromatic carbocycles. The lowest BCUT2D eigenvalue weighted by molar-refractivity contribution is -0.139. The highest BCUT2D eigenvalue weighted by atomic mass is 35.5. The molecule has 10 heteroatoms. The second-order valence-electron chi connectivity index (χ2n) is 9.70. The molecule has 0 heterocycles. The molecular formula is C32H31Cl2N3O4S. The van der Waals surface area contributed by atoms with Crippen LogP contribution in [-0.2, 0) is 32.6 Å². The summed E-state index contributed by atoms with van der Waals surface area (Å²) in [5, 5.41) is 3.32. The third-order valence-electron chi connectivity index (χ3n) is 6.85. The van der Waals surface area contributed by atoms with Crippen LogP contribution in [0.1, 0.15) is 16.7 Å². The van der Waals surface area contributed by atoms with Crippen molar-refractivity contribution in [2.75, 3.05) is 17.9 Å². The molecule has 0 aliphatic heterocycles. The summed E-state index contributed by atoms with van der Waals surface area (Å²) < 4.78 is 29.1. The van der Waals surface area contributed by atoms with Gasteiger partial charge in [0.05, 0.1) is 20.6 Å². The first-order chi connectivity index (χ1) is 20.1. The average Bonchev–Trinajstić information content (AvgIpc) is 3.00. The SMILES string of the molecule is CNC(=O)C(Cc1ccccc1)N(Cc1ccc(Cl)c(Cl)c1)C(=O)CN(c1ccccc1C)S(=O)(=O)c1ccccc1. The molecule has 0 saturated heterocycles. The fourth-order valence-electron chi connectivity index (χ4n) is 4.63. The molecule has 0 aliphatic rings. The number of likely N-dealkylation sites (N-methyl/N-ethyl adjacent to an activating group) is 1. The molecule has 1 N–H and O–H groups in total. The van der Waals surface area contributed by atoms with Crippen molar-refractivity contribution in [1.82, 2.24) is 10.2 Å². The van der Waals surface area contributed by atoms with E-state index in [2.05, 4.69) is 5.32 Å². The van der Waals surface area contributed by atoms with Gasteiger partial charge >= 0.3 is 0 Å². The highest BCUT2D eigenvalue weighted by molar-refractivity contribution is 7.92. The molecule has 0 aromatic heterocycles. The quantitative estimate of drug-likeness (QED) is 0.226. The van der Waals surface area contributed by atoms with Gasteiger partial charge in [0, 0.05) is 20.0 Å². The molecule has 4 rings (SSSR count). The molecule has 7 nitrogen and oxygen atoms in total. The Bertz CT molecular complexity index is 1650. The Morgan fingerprint density at radius 2 is 1.43 bits per heavy atom. The van der Waals surface area contributed by atoms with Gasteiger partial charge in [-0.2, -0.15) is 0 Å².